The average Bonchev–Trinajstić information content (AvgIpc) is 2.26. The van der Waals surface area contributed by atoms with Crippen molar-refractivity contribution in [2.75, 3.05) is 6.54 Å². The van der Waals surface area contributed by atoms with Crippen LogP contribution in [-0.2, 0) is 4.79 Å². The predicted octanol–water partition coefficient (Wildman–Crippen LogP) is 1.65. The maximum Gasteiger partial charge on any atom is 0.225 e. The lowest BCUT2D eigenvalue weighted by Crippen LogP contribution is -2.31. The van der Waals surface area contributed by atoms with Crippen molar-refractivity contribution in [3.8, 4) is 0 Å². The molecule has 0 aromatic heterocycles. The molecule has 1 saturated heterocycles. The lowest BCUT2D eigenvalue weighted by atomic mass is 10.0. The molecule has 0 saturated carbocycles. The molecule has 0 N–H and O–H groups in total. The van der Waals surface area contributed by atoms with Crippen LogP contribution >= 0.6 is 0 Å². The van der Waals surface area contributed by atoms with Gasteiger partial charge in [0, 0.05) is 18.5 Å². The number of carbonyl (C=O) groups excluding carboxylic acids is 1. The summed E-state index contributed by atoms with van der Waals surface area (Å²) in [5.41, 5.74) is 0. The third-order valence-electron chi connectivity index (χ3n) is 2.62. The van der Waals surface area contributed by atoms with Crippen LogP contribution in [0.2, 0.25) is 0 Å². The molecule has 0 spiro atoms. The van der Waals surface area contributed by atoms with Crippen LogP contribution in [0.25, 0.3) is 0 Å². The van der Waals surface area contributed by atoms with Gasteiger partial charge in [-0.1, -0.05) is 6.92 Å². The zero-order valence-electron chi connectivity index (χ0n) is 7.63. The number of amides is 1. The quantitative estimate of drug-likeness (QED) is 0.594. The summed E-state index contributed by atoms with van der Waals surface area (Å²) < 4.78 is 0. The zero-order valence-corrected chi connectivity index (χ0v) is 7.63. The molecule has 2 unspecified atom stereocenters. The molecule has 1 amide bonds. The highest BCUT2D eigenvalue weighted by molar-refractivity contribution is 5.81. The summed E-state index contributed by atoms with van der Waals surface area (Å²) in [6.07, 6.45) is 2.06. The summed E-state index contributed by atoms with van der Waals surface area (Å²) >= 11 is 0. The van der Waals surface area contributed by atoms with Crippen molar-refractivity contribution in [3.63, 3.8) is 0 Å². The minimum absolute atomic E-state index is 0.310. The molecule has 0 bridgehead atoms. The standard InChI is InChI=1S/C9H17NO/c1-4-8-6-7(3)10(5-2)9(8)11/h7-8H,4-6H2,1-3H3. The average molecular weight is 155 g/mol. The van der Waals surface area contributed by atoms with Crippen molar-refractivity contribution in [1.29, 1.82) is 0 Å². The van der Waals surface area contributed by atoms with E-state index in [0.717, 1.165) is 19.4 Å². The molecule has 0 aliphatic carbocycles. The molecule has 0 aromatic carbocycles. The van der Waals surface area contributed by atoms with Crippen LogP contribution in [0.1, 0.15) is 33.6 Å². The smallest absolute Gasteiger partial charge is 0.225 e. The molecular weight excluding hydrogens is 138 g/mol. The molecule has 1 aliphatic heterocycles. The number of carbonyl (C=O) groups is 1. The molecule has 1 rings (SSSR count). The van der Waals surface area contributed by atoms with Gasteiger partial charge in [-0.2, -0.15) is 0 Å². The Labute approximate surface area is 68.6 Å². The topological polar surface area (TPSA) is 20.3 Å². The first kappa shape index (κ1) is 8.57. The molecule has 2 nitrogen and oxygen atoms in total. The summed E-state index contributed by atoms with van der Waals surface area (Å²) in [5.74, 6) is 0.674. The minimum Gasteiger partial charge on any atom is -0.340 e. The molecule has 0 radical (unpaired) electrons. The largest absolute Gasteiger partial charge is 0.340 e. The van der Waals surface area contributed by atoms with Crippen LogP contribution in [0, 0.1) is 5.92 Å². The van der Waals surface area contributed by atoms with Gasteiger partial charge >= 0.3 is 0 Å². The molecule has 64 valence electrons. The second kappa shape index (κ2) is 3.24. The van der Waals surface area contributed by atoms with Crippen molar-refractivity contribution < 1.29 is 4.79 Å². The van der Waals surface area contributed by atoms with Crippen molar-refractivity contribution in [2.45, 2.75) is 39.7 Å². The van der Waals surface area contributed by atoms with E-state index in [0.29, 0.717) is 17.9 Å². The molecule has 2 heteroatoms. The number of hydrogen-bond donors (Lipinski definition) is 0. The summed E-state index contributed by atoms with van der Waals surface area (Å²) in [7, 11) is 0. The van der Waals surface area contributed by atoms with Gasteiger partial charge in [0.15, 0.2) is 0 Å². The van der Waals surface area contributed by atoms with Gasteiger partial charge in [-0.25, -0.2) is 0 Å². The molecule has 1 fully saturated rings. The molecule has 1 aliphatic rings. The highest BCUT2D eigenvalue weighted by Gasteiger charge is 2.34. The summed E-state index contributed by atoms with van der Waals surface area (Å²) in [4.78, 5) is 13.5. The highest BCUT2D eigenvalue weighted by Crippen LogP contribution is 2.25. The van der Waals surface area contributed by atoms with Crippen molar-refractivity contribution in [2.24, 2.45) is 5.92 Å². The second-order valence-electron chi connectivity index (χ2n) is 3.31. The third kappa shape index (κ3) is 1.39. The minimum atomic E-state index is 0.310. The lowest BCUT2D eigenvalue weighted by molar-refractivity contribution is -0.131. The normalized spacial score (nSPS) is 31.5. The van der Waals surface area contributed by atoms with Crippen LogP contribution in [-0.4, -0.2) is 23.4 Å². The van der Waals surface area contributed by atoms with Crippen LogP contribution < -0.4 is 0 Å². The van der Waals surface area contributed by atoms with E-state index in [9.17, 15) is 4.79 Å². The maximum atomic E-state index is 11.5. The number of hydrogen-bond acceptors (Lipinski definition) is 1. The van der Waals surface area contributed by atoms with Gasteiger partial charge < -0.3 is 4.90 Å². The van der Waals surface area contributed by atoms with Crippen molar-refractivity contribution in [3.05, 3.63) is 0 Å². The molecule has 1 heterocycles. The van der Waals surface area contributed by atoms with E-state index in [4.69, 9.17) is 0 Å². The van der Waals surface area contributed by atoms with Gasteiger partial charge in [0.2, 0.25) is 5.91 Å². The first-order valence-corrected chi connectivity index (χ1v) is 4.51. The first-order chi connectivity index (χ1) is 5.20. The Morgan fingerprint density at radius 3 is 2.45 bits per heavy atom. The number of nitrogens with zero attached hydrogens (tertiary/aromatic N) is 1. The van der Waals surface area contributed by atoms with Gasteiger partial charge in [-0.05, 0) is 26.7 Å². The predicted molar refractivity (Wildman–Crippen MR) is 45.2 cm³/mol. The van der Waals surface area contributed by atoms with Crippen LogP contribution in [0.3, 0.4) is 0 Å². The van der Waals surface area contributed by atoms with Gasteiger partial charge in [0.05, 0.1) is 0 Å². The first-order valence-electron chi connectivity index (χ1n) is 4.51. The zero-order chi connectivity index (χ0) is 8.43. The SMILES string of the molecule is CCC1CC(C)N(CC)C1=O. The Kier molecular flexibility index (Phi) is 2.53. The van der Waals surface area contributed by atoms with Gasteiger partial charge in [-0.3, -0.25) is 4.79 Å². The second-order valence-corrected chi connectivity index (χ2v) is 3.31. The van der Waals surface area contributed by atoms with Gasteiger partial charge in [-0.15, -0.1) is 0 Å². The Morgan fingerprint density at radius 2 is 2.18 bits per heavy atom. The summed E-state index contributed by atoms with van der Waals surface area (Å²) in [6.45, 7) is 7.15. The molecule has 2 atom stereocenters. The fourth-order valence-electron chi connectivity index (χ4n) is 1.90. The Morgan fingerprint density at radius 1 is 1.55 bits per heavy atom. The molecular formula is C9H17NO. The van der Waals surface area contributed by atoms with E-state index in [1.54, 1.807) is 0 Å². The maximum absolute atomic E-state index is 11.5. The third-order valence-corrected chi connectivity index (χ3v) is 2.62. The lowest BCUT2D eigenvalue weighted by Gasteiger charge is -2.18. The van der Waals surface area contributed by atoms with Crippen molar-refractivity contribution in [1.82, 2.24) is 4.90 Å². The fraction of sp³-hybridized carbons (Fsp3) is 0.889. The monoisotopic (exact) mass is 155 g/mol. The van der Waals surface area contributed by atoms with Crippen LogP contribution in [0.4, 0.5) is 0 Å². The van der Waals surface area contributed by atoms with Crippen LogP contribution in [0.5, 0.6) is 0 Å². The van der Waals surface area contributed by atoms with E-state index < -0.39 is 0 Å². The van der Waals surface area contributed by atoms with E-state index in [1.807, 2.05) is 11.8 Å². The molecule has 11 heavy (non-hydrogen) atoms. The van der Waals surface area contributed by atoms with Crippen molar-refractivity contribution >= 4 is 5.91 Å². The fourth-order valence-corrected chi connectivity index (χ4v) is 1.90. The van der Waals surface area contributed by atoms with E-state index in [-0.39, 0.29) is 0 Å². The summed E-state index contributed by atoms with van der Waals surface area (Å²) in [5, 5.41) is 0. The summed E-state index contributed by atoms with van der Waals surface area (Å²) in [6, 6.07) is 0.470. The van der Waals surface area contributed by atoms with E-state index >= 15 is 0 Å². The Balaban J connectivity index is 2.63. The Bertz CT molecular complexity index is 156. The van der Waals surface area contributed by atoms with Gasteiger partial charge in [0.25, 0.3) is 0 Å². The Hall–Kier alpha value is -0.530. The van der Waals surface area contributed by atoms with E-state index in [1.165, 1.54) is 0 Å². The molecule has 0 aromatic rings. The van der Waals surface area contributed by atoms with E-state index in [2.05, 4.69) is 13.8 Å². The number of rotatable bonds is 2. The van der Waals surface area contributed by atoms with Crippen LogP contribution in [0.15, 0.2) is 0 Å². The highest BCUT2D eigenvalue weighted by atomic mass is 16.2. The number of likely N-dealkylation sites (tertiary alicyclic amines) is 1. The van der Waals surface area contributed by atoms with Gasteiger partial charge in [0.1, 0.15) is 0 Å².